The fourth-order valence-corrected chi connectivity index (χ4v) is 3.20. The third-order valence-electron chi connectivity index (χ3n) is 4.90. The molecule has 2 atom stereocenters. The quantitative estimate of drug-likeness (QED) is 0.747. The van der Waals surface area contributed by atoms with Crippen molar-refractivity contribution in [1.82, 2.24) is 10.6 Å². The zero-order valence-corrected chi connectivity index (χ0v) is 16.3. The lowest BCUT2D eigenvalue weighted by atomic mass is 9.71. The predicted octanol–water partition coefficient (Wildman–Crippen LogP) is 2.44. The van der Waals surface area contributed by atoms with Crippen LogP contribution in [0.1, 0.15) is 57.7 Å². The van der Waals surface area contributed by atoms with Crippen LogP contribution >= 0.6 is 12.4 Å². The number of fused-ring (bicyclic) bond motifs is 1. The van der Waals surface area contributed by atoms with E-state index in [1.54, 1.807) is 0 Å². The summed E-state index contributed by atoms with van der Waals surface area (Å²) in [4.78, 5) is 24.1. The molecule has 0 heterocycles. The molecule has 0 spiro atoms. The van der Waals surface area contributed by atoms with E-state index < -0.39 is 6.04 Å². The van der Waals surface area contributed by atoms with Gasteiger partial charge in [-0.2, -0.15) is 0 Å². The van der Waals surface area contributed by atoms with Gasteiger partial charge in [-0.05, 0) is 35.3 Å². The smallest absolute Gasteiger partial charge is 0.239 e. The molecule has 0 fully saturated rings. The summed E-state index contributed by atoms with van der Waals surface area (Å²) >= 11 is 0. The maximum atomic E-state index is 12.2. The van der Waals surface area contributed by atoms with Gasteiger partial charge in [0.15, 0.2) is 0 Å². The van der Waals surface area contributed by atoms with Gasteiger partial charge in [0.05, 0.1) is 18.6 Å². The molecule has 4 N–H and O–H groups in total. The van der Waals surface area contributed by atoms with Gasteiger partial charge in [0.25, 0.3) is 0 Å². The number of nitrogens with one attached hydrogen (secondary N) is 2. The number of amides is 2. The van der Waals surface area contributed by atoms with E-state index >= 15 is 0 Å². The van der Waals surface area contributed by atoms with Crippen LogP contribution in [0.5, 0.6) is 0 Å². The molecule has 0 saturated heterocycles. The fraction of sp³-hybridized carbons (Fsp3) is 0.579. The van der Waals surface area contributed by atoms with Crippen molar-refractivity contribution in [3.63, 3.8) is 0 Å². The van der Waals surface area contributed by atoms with Crippen LogP contribution in [-0.4, -0.2) is 24.4 Å². The molecule has 0 aliphatic heterocycles. The average molecular weight is 368 g/mol. The third kappa shape index (κ3) is 5.19. The summed E-state index contributed by atoms with van der Waals surface area (Å²) in [6, 6.07) is 7.67. The average Bonchev–Trinajstić information content (AvgIpc) is 2.54. The van der Waals surface area contributed by atoms with Gasteiger partial charge in [-0.25, -0.2) is 0 Å². The van der Waals surface area contributed by atoms with Crippen LogP contribution in [0.4, 0.5) is 0 Å². The van der Waals surface area contributed by atoms with Crippen molar-refractivity contribution in [1.29, 1.82) is 0 Å². The molecule has 1 unspecified atom stereocenters. The van der Waals surface area contributed by atoms with E-state index in [1.807, 2.05) is 26.0 Å². The van der Waals surface area contributed by atoms with Crippen molar-refractivity contribution < 1.29 is 9.59 Å². The normalized spacial score (nSPS) is 19.4. The lowest BCUT2D eigenvalue weighted by Crippen LogP contribution is -2.47. The Hall–Kier alpha value is -1.59. The van der Waals surface area contributed by atoms with Gasteiger partial charge in [-0.1, -0.05) is 52.0 Å². The largest absolute Gasteiger partial charge is 0.348 e. The van der Waals surface area contributed by atoms with Crippen LogP contribution in [-0.2, 0) is 15.0 Å². The van der Waals surface area contributed by atoms with Crippen LogP contribution in [0, 0.1) is 5.92 Å². The number of hydrogen-bond acceptors (Lipinski definition) is 3. The number of benzene rings is 1. The Morgan fingerprint density at radius 1 is 1.28 bits per heavy atom. The Bertz CT molecular complexity index is 616. The topological polar surface area (TPSA) is 84.2 Å². The Kier molecular flexibility index (Phi) is 7.44. The second-order valence-electron chi connectivity index (χ2n) is 7.62. The minimum atomic E-state index is -0.589. The second-order valence-corrected chi connectivity index (χ2v) is 7.62. The summed E-state index contributed by atoms with van der Waals surface area (Å²) < 4.78 is 0. The van der Waals surface area contributed by atoms with E-state index in [0.717, 1.165) is 12.8 Å². The molecule has 140 valence electrons. The summed E-state index contributed by atoms with van der Waals surface area (Å²) in [5, 5.41) is 5.66. The number of rotatable bonds is 5. The molecule has 2 rings (SSSR count). The Morgan fingerprint density at radius 2 is 1.92 bits per heavy atom. The first-order valence-electron chi connectivity index (χ1n) is 8.64. The molecule has 0 saturated carbocycles. The summed E-state index contributed by atoms with van der Waals surface area (Å²) in [5.74, 6) is -0.426. The van der Waals surface area contributed by atoms with Crippen molar-refractivity contribution in [3.8, 4) is 0 Å². The van der Waals surface area contributed by atoms with Crippen molar-refractivity contribution in [3.05, 3.63) is 35.4 Å². The van der Waals surface area contributed by atoms with Gasteiger partial charge in [0, 0.05) is 0 Å². The molecule has 2 amide bonds. The molecule has 0 aromatic heterocycles. The lowest BCUT2D eigenvalue weighted by Gasteiger charge is -2.37. The van der Waals surface area contributed by atoms with Crippen molar-refractivity contribution in [2.75, 3.05) is 6.54 Å². The summed E-state index contributed by atoms with van der Waals surface area (Å²) in [6.45, 7) is 8.19. The summed E-state index contributed by atoms with van der Waals surface area (Å²) in [6.07, 6.45) is 1.91. The highest BCUT2D eigenvalue weighted by Gasteiger charge is 2.32. The minimum Gasteiger partial charge on any atom is -0.348 e. The van der Waals surface area contributed by atoms with Gasteiger partial charge in [0.1, 0.15) is 0 Å². The van der Waals surface area contributed by atoms with Crippen molar-refractivity contribution in [2.24, 2.45) is 11.7 Å². The first kappa shape index (κ1) is 21.5. The van der Waals surface area contributed by atoms with Gasteiger partial charge in [0.2, 0.25) is 11.8 Å². The molecule has 6 heteroatoms. The number of halogens is 1. The van der Waals surface area contributed by atoms with Crippen LogP contribution in [0.25, 0.3) is 0 Å². The van der Waals surface area contributed by atoms with Gasteiger partial charge in [-0.3, -0.25) is 9.59 Å². The third-order valence-corrected chi connectivity index (χ3v) is 4.90. The highest BCUT2D eigenvalue weighted by atomic mass is 35.5. The number of carbonyl (C=O) groups is 2. The Balaban J connectivity index is 0.00000312. The van der Waals surface area contributed by atoms with Crippen LogP contribution < -0.4 is 16.4 Å². The minimum absolute atomic E-state index is 0. The standard InChI is InChI=1S/C19H29N3O2.ClH/c1-12(2)17(20)18(24)21-11-16(23)22-15-9-10-19(3,4)14-8-6-5-7-13(14)15;/h5-8,12,15,17H,9-11,20H2,1-4H3,(H,21,24)(H,22,23);1H/t15?,17-;/m0./s1. The van der Waals surface area contributed by atoms with Crippen molar-refractivity contribution in [2.45, 2.75) is 58.0 Å². The van der Waals surface area contributed by atoms with Gasteiger partial charge in [-0.15, -0.1) is 12.4 Å². The van der Waals surface area contributed by atoms with E-state index in [9.17, 15) is 9.59 Å². The molecule has 1 aliphatic rings. The van der Waals surface area contributed by atoms with Crippen LogP contribution in [0.3, 0.4) is 0 Å². The monoisotopic (exact) mass is 367 g/mol. The van der Waals surface area contributed by atoms with E-state index in [-0.39, 0.29) is 48.1 Å². The zero-order valence-electron chi connectivity index (χ0n) is 15.5. The summed E-state index contributed by atoms with van der Waals surface area (Å²) in [5.41, 5.74) is 8.36. The molecular formula is C19H30ClN3O2. The van der Waals surface area contributed by atoms with Gasteiger partial charge >= 0.3 is 0 Å². The SMILES string of the molecule is CC(C)[C@H](N)C(=O)NCC(=O)NC1CCC(C)(C)c2ccccc21.Cl. The first-order chi connectivity index (χ1) is 11.2. The fourth-order valence-electron chi connectivity index (χ4n) is 3.20. The predicted molar refractivity (Wildman–Crippen MR) is 103 cm³/mol. The van der Waals surface area contributed by atoms with Gasteiger partial charge < -0.3 is 16.4 Å². The molecule has 5 nitrogen and oxygen atoms in total. The van der Waals surface area contributed by atoms with Crippen molar-refractivity contribution >= 4 is 24.2 Å². The maximum Gasteiger partial charge on any atom is 0.239 e. The molecule has 0 radical (unpaired) electrons. The lowest BCUT2D eigenvalue weighted by molar-refractivity contribution is -0.127. The Labute approximate surface area is 156 Å². The van der Waals surface area contributed by atoms with E-state index in [1.165, 1.54) is 11.1 Å². The molecule has 1 aromatic rings. The molecule has 0 bridgehead atoms. The number of carbonyl (C=O) groups excluding carboxylic acids is 2. The summed E-state index contributed by atoms with van der Waals surface area (Å²) in [7, 11) is 0. The number of hydrogen-bond donors (Lipinski definition) is 3. The first-order valence-corrected chi connectivity index (χ1v) is 8.64. The molecule has 1 aliphatic carbocycles. The van der Waals surface area contributed by atoms with E-state index in [0.29, 0.717) is 0 Å². The molecule has 25 heavy (non-hydrogen) atoms. The Morgan fingerprint density at radius 3 is 2.56 bits per heavy atom. The van der Waals surface area contributed by atoms with Crippen LogP contribution in [0.2, 0.25) is 0 Å². The maximum absolute atomic E-state index is 12.2. The highest BCUT2D eigenvalue weighted by molar-refractivity contribution is 5.87. The second kappa shape index (κ2) is 8.68. The van der Waals surface area contributed by atoms with E-state index in [2.05, 4.69) is 36.6 Å². The highest BCUT2D eigenvalue weighted by Crippen LogP contribution is 2.41. The zero-order chi connectivity index (χ0) is 17.9. The molecular weight excluding hydrogens is 338 g/mol. The van der Waals surface area contributed by atoms with Crippen LogP contribution in [0.15, 0.2) is 24.3 Å². The molecule has 1 aromatic carbocycles. The van der Waals surface area contributed by atoms with E-state index in [4.69, 9.17) is 5.73 Å². The number of nitrogens with two attached hydrogens (primary N) is 1.